The van der Waals surface area contributed by atoms with E-state index in [1.807, 2.05) is 0 Å². The van der Waals surface area contributed by atoms with Crippen molar-refractivity contribution in [2.45, 2.75) is 57.9 Å². The van der Waals surface area contributed by atoms with E-state index in [9.17, 15) is 0 Å². The van der Waals surface area contributed by atoms with Gasteiger partial charge in [0.05, 0.1) is 0 Å². The van der Waals surface area contributed by atoms with Gasteiger partial charge in [0.15, 0.2) is 0 Å². The van der Waals surface area contributed by atoms with Gasteiger partial charge in [0.1, 0.15) is 12.1 Å². The molecular weight excluding hydrogens is 272 g/mol. The van der Waals surface area contributed by atoms with E-state index in [0.29, 0.717) is 0 Å². The molecule has 0 spiro atoms. The van der Waals surface area contributed by atoms with E-state index in [0.717, 1.165) is 18.4 Å². The third-order valence-corrected chi connectivity index (χ3v) is 6.09. The maximum absolute atomic E-state index is 4.63. The van der Waals surface area contributed by atoms with Crippen molar-refractivity contribution >= 4 is 5.82 Å². The third-order valence-electron chi connectivity index (χ3n) is 6.09. The van der Waals surface area contributed by atoms with Gasteiger partial charge in [0.25, 0.3) is 0 Å². The summed E-state index contributed by atoms with van der Waals surface area (Å²) in [5.41, 5.74) is 2.74. The van der Waals surface area contributed by atoms with Crippen LogP contribution in [0.1, 0.15) is 50.3 Å². The summed E-state index contributed by atoms with van der Waals surface area (Å²) in [5.74, 6) is 2.11. The lowest BCUT2D eigenvalue weighted by Gasteiger charge is -2.39. The normalized spacial score (nSPS) is 24.7. The molecular formula is C18H28N4. The van der Waals surface area contributed by atoms with E-state index in [-0.39, 0.29) is 0 Å². The second-order valence-corrected chi connectivity index (χ2v) is 7.28. The molecule has 0 saturated carbocycles. The minimum atomic E-state index is 0.765. The molecule has 0 aromatic carbocycles. The zero-order valence-corrected chi connectivity index (χ0v) is 13.8. The standard InChI is InChI=1S/C18H28N4/c1-14(21-9-2-3-10-21)15-7-11-22(12-8-15)18-16-5-4-6-17(16)19-13-20-18/h13-15H,2-12H2,1H3/t14-/m0/s1. The molecule has 3 aliphatic rings. The Morgan fingerprint density at radius 2 is 1.77 bits per heavy atom. The van der Waals surface area contributed by atoms with Crippen LogP contribution in [0.2, 0.25) is 0 Å². The van der Waals surface area contributed by atoms with Crippen LogP contribution in [0.4, 0.5) is 5.82 Å². The smallest absolute Gasteiger partial charge is 0.135 e. The Balaban J connectivity index is 1.41. The summed E-state index contributed by atoms with van der Waals surface area (Å²) in [6.45, 7) is 7.44. The van der Waals surface area contributed by atoms with Crippen molar-refractivity contribution < 1.29 is 0 Å². The maximum Gasteiger partial charge on any atom is 0.135 e. The van der Waals surface area contributed by atoms with Gasteiger partial charge in [0, 0.05) is 30.4 Å². The number of hydrogen-bond donors (Lipinski definition) is 0. The van der Waals surface area contributed by atoms with Crippen LogP contribution in [0.25, 0.3) is 0 Å². The molecule has 1 aromatic heterocycles. The first-order valence-electron chi connectivity index (χ1n) is 9.14. The van der Waals surface area contributed by atoms with Gasteiger partial charge in [-0.2, -0.15) is 0 Å². The molecule has 120 valence electrons. The summed E-state index contributed by atoms with van der Waals surface area (Å²) in [5, 5.41) is 0. The van der Waals surface area contributed by atoms with Crippen LogP contribution in [0, 0.1) is 5.92 Å². The highest BCUT2D eigenvalue weighted by Crippen LogP contribution is 2.32. The second-order valence-electron chi connectivity index (χ2n) is 7.28. The lowest BCUT2D eigenvalue weighted by molar-refractivity contribution is 0.167. The summed E-state index contributed by atoms with van der Waals surface area (Å²) < 4.78 is 0. The predicted octanol–water partition coefficient (Wildman–Crippen LogP) is 2.67. The van der Waals surface area contributed by atoms with Crippen LogP contribution in [-0.4, -0.2) is 47.1 Å². The average molecular weight is 300 g/mol. The van der Waals surface area contributed by atoms with Gasteiger partial charge in [-0.15, -0.1) is 0 Å². The molecule has 4 nitrogen and oxygen atoms in total. The number of aryl methyl sites for hydroxylation is 1. The molecule has 0 amide bonds. The van der Waals surface area contributed by atoms with Crippen molar-refractivity contribution in [3.8, 4) is 0 Å². The molecule has 2 saturated heterocycles. The Bertz CT molecular complexity index is 516. The van der Waals surface area contributed by atoms with Crippen LogP contribution in [0.5, 0.6) is 0 Å². The molecule has 0 unspecified atom stereocenters. The van der Waals surface area contributed by atoms with Crippen molar-refractivity contribution in [2.75, 3.05) is 31.1 Å². The van der Waals surface area contributed by atoms with Gasteiger partial charge in [-0.3, -0.25) is 0 Å². The van der Waals surface area contributed by atoms with E-state index in [1.165, 1.54) is 81.8 Å². The van der Waals surface area contributed by atoms with E-state index >= 15 is 0 Å². The molecule has 1 aromatic rings. The summed E-state index contributed by atoms with van der Waals surface area (Å²) in [7, 11) is 0. The van der Waals surface area contributed by atoms with Crippen LogP contribution in [0.3, 0.4) is 0 Å². The number of likely N-dealkylation sites (tertiary alicyclic amines) is 1. The first kappa shape index (κ1) is 14.4. The van der Waals surface area contributed by atoms with Crippen molar-refractivity contribution in [1.29, 1.82) is 0 Å². The van der Waals surface area contributed by atoms with Crippen LogP contribution < -0.4 is 4.90 Å². The fraction of sp³-hybridized carbons (Fsp3) is 0.778. The molecule has 3 heterocycles. The van der Waals surface area contributed by atoms with Gasteiger partial charge >= 0.3 is 0 Å². The molecule has 1 atom stereocenters. The number of fused-ring (bicyclic) bond motifs is 1. The molecule has 4 heteroatoms. The van der Waals surface area contributed by atoms with Crippen LogP contribution >= 0.6 is 0 Å². The van der Waals surface area contributed by atoms with Gasteiger partial charge in [-0.25, -0.2) is 9.97 Å². The molecule has 0 N–H and O–H groups in total. The first-order valence-corrected chi connectivity index (χ1v) is 9.14. The highest BCUT2D eigenvalue weighted by atomic mass is 15.2. The van der Waals surface area contributed by atoms with Crippen LogP contribution in [0.15, 0.2) is 6.33 Å². The summed E-state index contributed by atoms with van der Waals surface area (Å²) in [4.78, 5) is 14.3. The van der Waals surface area contributed by atoms with Crippen molar-refractivity contribution in [3.63, 3.8) is 0 Å². The Morgan fingerprint density at radius 1 is 1.00 bits per heavy atom. The number of rotatable bonds is 3. The zero-order valence-electron chi connectivity index (χ0n) is 13.8. The minimum Gasteiger partial charge on any atom is -0.356 e. The number of aromatic nitrogens is 2. The molecule has 4 rings (SSSR count). The SMILES string of the molecule is C[C@@H](C1CCN(c2ncnc3c2CCC3)CC1)N1CCCC1. The summed E-state index contributed by atoms with van der Waals surface area (Å²) in [6, 6.07) is 0.765. The molecule has 2 fully saturated rings. The average Bonchev–Trinajstić information content (AvgIpc) is 3.25. The predicted molar refractivity (Wildman–Crippen MR) is 89.3 cm³/mol. The first-order chi connectivity index (χ1) is 10.8. The molecule has 2 aliphatic heterocycles. The number of nitrogens with zero attached hydrogens (tertiary/aromatic N) is 4. The van der Waals surface area contributed by atoms with Gasteiger partial charge < -0.3 is 9.80 Å². The number of piperidine rings is 1. The van der Waals surface area contributed by atoms with E-state index < -0.39 is 0 Å². The Kier molecular flexibility index (Phi) is 4.03. The van der Waals surface area contributed by atoms with Gasteiger partial charge in [-0.05, 0) is 70.9 Å². The van der Waals surface area contributed by atoms with Gasteiger partial charge in [0.2, 0.25) is 0 Å². The number of hydrogen-bond acceptors (Lipinski definition) is 4. The number of anilines is 1. The molecule has 0 bridgehead atoms. The van der Waals surface area contributed by atoms with Crippen molar-refractivity contribution in [2.24, 2.45) is 5.92 Å². The lowest BCUT2D eigenvalue weighted by atomic mass is 9.89. The Morgan fingerprint density at radius 3 is 2.55 bits per heavy atom. The van der Waals surface area contributed by atoms with E-state index in [2.05, 4.69) is 26.7 Å². The molecule has 22 heavy (non-hydrogen) atoms. The molecule has 1 aliphatic carbocycles. The monoisotopic (exact) mass is 300 g/mol. The summed E-state index contributed by atoms with van der Waals surface area (Å²) in [6.07, 6.45) is 10.8. The fourth-order valence-corrected chi connectivity index (χ4v) is 4.66. The fourth-order valence-electron chi connectivity index (χ4n) is 4.66. The zero-order chi connectivity index (χ0) is 14.9. The van der Waals surface area contributed by atoms with Crippen LogP contribution in [-0.2, 0) is 12.8 Å². The van der Waals surface area contributed by atoms with Crippen molar-refractivity contribution in [1.82, 2.24) is 14.9 Å². The quantitative estimate of drug-likeness (QED) is 0.859. The maximum atomic E-state index is 4.63. The van der Waals surface area contributed by atoms with E-state index in [4.69, 9.17) is 0 Å². The lowest BCUT2D eigenvalue weighted by Crippen LogP contribution is -2.43. The highest BCUT2D eigenvalue weighted by Gasteiger charge is 2.30. The topological polar surface area (TPSA) is 32.3 Å². The third kappa shape index (κ3) is 2.62. The highest BCUT2D eigenvalue weighted by molar-refractivity contribution is 5.50. The minimum absolute atomic E-state index is 0.765. The summed E-state index contributed by atoms with van der Waals surface area (Å²) >= 11 is 0. The Hall–Kier alpha value is -1.16. The largest absolute Gasteiger partial charge is 0.356 e. The second kappa shape index (κ2) is 6.15. The van der Waals surface area contributed by atoms with E-state index in [1.54, 1.807) is 6.33 Å². The Labute approximate surface area is 133 Å². The van der Waals surface area contributed by atoms with Gasteiger partial charge in [-0.1, -0.05) is 0 Å². The van der Waals surface area contributed by atoms with Crippen molar-refractivity contribution in [3.05, 3.63) is 17.6 Å². The molecule has 0 radical (unpaired) electrons.